The molecular formula is C12H14F2N4. The molecule has 2 rings (SSSR count). The molecule has 0 bridgehead atoms. The number of nitrogens with one attached hydrogen (secondary N) is 2. The van der Waals surface area contributed by atoms with E-state index in [-0.39, 0.29) is 0 Å². The SMILES string of the molecule is CCCNC(c1cn[nH]n1)c1ccc(F)cc1F. The van der Waals surface area contributed by atoms with Gasteiger partial charge in [-0.3, -0.25) is 0 Å². The minimum atomic E-state index is -0.592. The summed E-state index contributed by atoms with van der Waals surface area (Å²) in [4.78, 5) is 0. The Labute approximate surface area is 103 Å². The van der Waals surface area contributed by atoms with Crippen LogP contribution in [0.5, 0.6) is 0 Å². The van der Waals surface area contributed by atoms with Crippen LogP contribution in [0.25, 0.3) is 0 Å². The molecule has 2 N–H and O–H groups in total. The van der Waals surface area contributed by atoms with Gasteiger partial charge in [-0.05, 0) is 19.0 Å². The third-order valence-electron chi connectivity index (χ3n) is 2.60. The number of aromatic nitrogens is 3. The van der Waals surface area contributed by atoms with Crippen molar-refractivity contribution in [3.8, 4) is 0 Å². The summed E-state index contributed by atoms with van der Waals surface area (Å²) in [5, 5.41) is 13.3. The van der Waals surface area contributed by atoms with E-state index in [0.29, 0.717) is 17.8 Å². The van der Waals surface area contributed by atoms with E-state index in [1.54, 1.807) is 0 Å². The summed E-state index contributed by atoms with van der Waals surface area (Å²) in [6.45, 7) is 2.71. The molecule has 96 valence electrons. The van der Waals surface area contributed by atoms with Gasteiger partial charge in [-0.25, -0.2) is 8.78 Å². The number of benzene rings is 1. The molecule has 2 aromatic rings. The van der Waals surface area contributed by atoms with Crippen LogP contribution >= 0.6 is 0 Å². The maximum absolute atomic E-state index is 13.8. The Morgan fingerprint density at radius 2 is 2.22 bits per heavy atom. The lowest BCUT2D eigenvalue weighted by Gasteiger charge is -2.17. The third kappa shape index (κ3) is 2.70. The fourth-order valence-electron chi connectivity index (χ4n) is 1.75. The van der Waals surface area contributed by atoms with Gasteiger partial charge in [-0.1, -0.05) is 13.0 Å². The van der Waals surface area contributed by atoms with Gasteiger partial charge in [0.15, 0.2) is 0 Å². The topological polar surface area (TPSA) is 53.6 Å². The zero-order valence-corrected chi connectivity index (χ0v) is 9.95. The van der Waals surface area contributed by atoms with Gasteiger partial charge in [0.2, 0.25) is 0 Å². The van der Waals surface area contributed by atoms with Crippen LogP contribution in [0.1, 0.15) is 30.6 Å². The van der Waals surface area contributed by atoms with Gasteiger partial charge in [-0.15, -0.1) is 0 Å². The molecular weight excluding hydrogens is 238 g/mol. The van der Waals surface area contributed by atoms with Gasteiger partial charge in [-0.2, -0.15) is 15.4 Å². The Morgan fingerprint density at radius 3 is 2.83 bits per heavy atom. The van der Waals surface area contributed by atoms with E-state index in [1.807, 2.05) is 6.92 Å². The van der Waals surface area contributed by atoms with E-state index in [1.165, 1.54) is 18.3 Å². The van der Waals surface area contributed by atoms with Crippen molar-refractivity contribution < 1.29 is 8.78 Å². The fourth-order valence-corrected chi connectivity index (χ4v) is 1.75. The molecule has 6 heteroatoms. The molecule has 4 nitrogen and oxygen atoms in total. The Kier molecular flexibility index (Phi) is 3.99. The molecule has 18 heavy (non-hydrogen) atoms. The Morgan fingerprint density at radius 1 is 1.39 bits per heavy atom. The van der Waals surface area contributed by atoms with Crippen molar-refractivity contribution >= 4 is 0 Å². The van der Waals surface area contributed by atoms with Crippen LogP contribution < -0.4 is 5.32 Å². The van der Waals surface area contributed by atoms with Crippen molar-refractivity contribution in [2.75, 3.05) is 6.54 Å². The van der Waals surface area contributed by atoms with Gasteiger partial charge in [0.05, 0.1) is 12.2 Å². The van der Waals surface area contributed by atoms with Gasteiger partial charge in [0, 0.05) is 11.6 Å². The van der Waals surface area contributed by atoms with Crippen molar-refractivity contribution in [3.05, 3.63) is 47.3 Å². The summed E-state index contributed by atoms with van der Waals surface area (Å²) in [5.74, 6) is -1.18. The molecule has 1 unspecified atom stereocenters. The van der Waals surface area contributed by atoms with Crippen LogP contribution in [0, 0.1) is 11.6 Å². The molecule has 0 spiro atoms. The molecule has 0 amide bonds. The molecule has 0 fully saturated rings. The van der Waals surface area contributed by atoms with E-state index in [2.05, 4.69) is 20.7 Å². The third-order valence-corrected chi connectivity index (χ3v) is 2.60. The van der Waals surface area contributed by atoms with Crippen LogP contribution in [-0.2, 0) is 0 Å². The van der Waals surface area contributed by atoms with Crippen molar-refractivity contribution in [2.24, 2.45) is 0 Å². The monoisotopic (exact) mass is 252 g/mol. The molecule has 1 aromatic heterocycles. The van der Waals surface area contributed by atoms with Crippen molar-refractivity contribution in [1.82, 2.24) is 20.7 Å². The summed E-state index contributed by atoms with van der Waals surface area (Å²) >= 11 is 0. The second kappa shape index (κ2) is 5.68. The molecule has 0 radical (unpaired) electrons. The number of rotatable bonds is 5. The van der Waals surface area contributed by atoms with Crippen molar-refractivity contribution in [1.29, 1.82) is 0 Å². The summed E-state index contributed by atoms with van der Waals surface area (Å²) in [5.41, 5.74) is 0.938. The minimum absolute atomic E-state index is 0.360. The standard InChI is InChI=1S/C12H14F2N4/c1-2-5-15-12(11-7-16-18-17-11)9-4-3-8(13)6-10(9)14/h3-4,6-7,12,15H,2,5H2,1H3,(H,16,17,18). The molecule has 1 aromatic carbocycles. The highest BCUT2D eigenvalue weighted by molar-refractivity contribution is 5.28. The van der Waals surface area contributed by atoms with E-state index >= 15 is 0 Å². The smallest absolute Gasteiger partial charge is 0.131 e. The number of hydrogen-bond donors (Lipinski definition) is 2. The normalized spacial score (nSPS) is 12.6. The molecule has 0 aliphatic carbocycles. The maximum Gasteiger partial charge on any atom is 0.131 e. The lowest BCUT2D eigenvalue weighted by Crippen LogP contribution is -2.24. The van der Waals surface area contributed by atoms with E-state index in [0.717, 1.165) is 12.5 Å². The van der Waals surface area contributed by atoms with Crippen LogP contribution in [0.2, 0.25) is 0 Å². The Hall–Kier alpha value is -1.82. The minimum Gasteiger partial charge on any atom is -0.305 e. The zero-order valence-electron chi connectivity index (χ0n) is 9.95. The first-order valence-electron chi connectivity index (χ1n) is 5.76. The lowest BCUT2D eigenvalue weighted by molar-refractivity contribution is 0.526. The highest BCUT2D eigenvalue weighted by atomic mass is 19.1. The number of hydrogen-bond acceptors (Lipinski definition) is 3. The predicted octanol–water partition coefficient (Wildman–Crippen LogP) is 2.17. The Balaban J connectivity index is 2.33. The number of halogens is 2. The zero-order chi connectivity index (χ0) is 13.0. The highest BCUT2D eigenvalue weighted by Gasteiger charge is 2.19. The van der Waals surface area contributed by atoms with E-state index in [9.17, 15) is 8.78 Å². The maximum atomic E-state index is 13.8. The second-order valence-corrected chi connectivity index (χ2v) is 3.95. The molecule has 1 atom stereocenters. The molecule has 0 saturated heterocycles. The van der Waals surface area contributed by atoms with Gasteiger partial charge >= 0.3 is 0 Å². The summed E-state index contributed by atoms with van der Waals surface area (Å²) < 4.78 is 26.7. The summed E-state index contributed by atoms with van der Waals surface area (Å²) in [7, 11) is 0. The quantitative estimate of drug-likeness (QED) is 0.857. The first-order valence-corrected chi connectivity index (χ1v) is 5.76. The summed E-state index contributed by atoms with van der Waals surface area (Å²) in [6.07, 6.45) is 2.42. The van der Waals surface area contributed by atoms with Crippen LogP contribution in [0.3, 0.4) is 0 Å². The average molecular weight is 252 g/mol. The molecule has 1 heterocycles. The van der Waals surface area contributed by atoms with Crippen molar-refractivity contribution in [3.63, 3.8) is 0 Å². The first kappa shape index (κ1) is 12.6. The molecule has 0 aliphatic heterocycles. The Bertz CT molecular complexity index is 499. The first-order chi connectivity index (χ1) is 8.72. The molecule has 0 aliphatic rings. The second-order valence-electron chi connectivity index (χ2n) is 3.95. The average Bonchev–Trinajstić information content (AvgIpc) is 2.85. The van der Waals surface area contributed by atoms with E-state index in [4.69, 9.17) is 0 Å². The lowest BCUT2D eigenvalue weighted by atomic mass is 10.0. The largest absolute Gasteiger partial charge is 0.305 e. The number of nitrogens with zero attached hydrogens (tertiary/aromatic N) is 2. The van der Waals surface area contributed by atoms with Crippen LogP contribution in [0.15, 0.2) is 24.4 Å². The van der Waals surface area contributed by atoms with Gasteiger partial charge in [0.1, 0.15) is 17.3 Å². The number of aromatic amines is 1. The van der Waals surface area contributed by atoms with Gasteiger partial charge in [0.25, 0.3) is 0 Å². The van der Waals surface area contributed by atoms with E-state index < -0.39 is 17.7 Å². The fraction of sp³-hybridized carbons (Fsp3) is 0.333. The predicted molar refractivity (Wildman–Crippen MR) is 62.9 cm³/mol. The van der Waals surface area contributed by atoms with Gasteiger partial charge < -0.3 is 5.32 Å². The highest BCUT2D eigenvalue weighted by Crippen LogP contribution is 2.23. The molecule has 0 saturated carbocycles. The van der Waals surface area contributed by atoms with Crippen molar-refractivity contribution in [2.45, 2.75) is 19.4 Å². The van der Waals surface area contributed by atoms with Crippen LogP contribution in [-0.4, -0.2) is 22.0 Å². The number of H-pyrrole nitrogens is 1. The van der Waals surface area contributed by atoms with Crippen LogP contribution in [0.4, 0.5) is 8.78 Å². The summed E-state index contributed by atoms with van der Waals surface area (Å²) in [6, 6.07) is 3.10.